The van der Waals surface area contributed by atoms with Gasteiger partial charge in [0.15, 0.2) is 11.5 Å². The molecular formula is C42H58N2O10. The van der Waals surface area contributed by atoms with Crippen LogP contribution in [0.25, 0.3) is 0 Å². The Morgan fingerprint density at radius 3 is 2.61 bits per heavy atom. The molecule has 5 aliphatic carbocycles. The highest BCUT2D eigenvalue weighted by Crippen LogP contribution is 2.73. The lowest BCUT2D eigenvalue weighted by Crippen LogP contribution is -2.71. The summed E-state index contributed by atoms with van der Waals surface area (Å²) in [7, 11) is 1.67. The molecule has 1 amide bonds. The lowest BCUT2D eigenvalue weighted by atomic mass is 9.39. The molecule has 11 aliphatic rings. The number of carbonyl (C=O) groups excluding carboxylic acids is 2. The van der Waals surface area contributed by atoms with Crippen LogP contribution in [0.15, 0.2) is 23.8 Å². The zero-order chi connectivity index (χ0) is 38.2. The van der Waals surface area contributed by atoms with Gasteiger partial charge in [-0.1, -0.05) is 25.8 Å². The SMILES string of the molecule is COCCCO[C@H]1CC[C@@]2(C)[C@@H](C1)C(=O)C=C1[C@]3(O)CC[C@@H]4[C@](C)(O)[C@H](O)[C@H]5O[C@H]6[C@H]([C@@H]7C=C[C@@]6(O)N[C@@H]7C(=O)N6C[C@@H]6CC#C[C@]12CC[C@]43C)[C@H]5CO. The second-order valence-corrected chi connectivity index (χ2v) is 19.0. The number of methoxy groups -OCH3 is 1. The Hall–Kier alpha value is -2.18. The van der Waals surface area contributed by atoms with E-state index in [1.807, 2.05) is 13.0 Å². The summed E-state index contributed by atoms with van der Waals surface area (Å²) in [6.07, 6.45) is 6.65. The molecule has 0 aromatic heterocycles. The van der Waals surface area contributed by atoms with Crippen LogP contribution >= 0.6 is 0 Å². The number of aliphatic hydroxyl groups excluding tert-OH is 2. The first kappa shape index (κ1) is 37.4. The lowest BCUT2D eigenvalue weighted by Gasteiger charge is -2.64. The van der Waals surface area contributed by atoms with Crippen LogP contribution in [0, 0.1) is 57.7 Å². The molecule has 9 bridgehead atoms. The number of amides is 1. The Bertz CT molecular complexity index is 1720. The van der Waals surface area contributed by atoms with Crippen molar-refractivity contribution >= 4 is 11.7 Å². The van der Waals surface area contributed by atoms with Gasteiger partial charge in [-0.25, -0.2) is 0 Å². The average molecular weight is 751 g/mol. The molecule has 0 aromatic carbocycles. The van der Waals surface area contributed by atoms with E-state index in [2.05, 4.69) is 24.1 Å². The van der Waals surface area contributed by atoms with Crippen molar-refractivity contribution in [2.75, 3.05) is 33.5 Å². The summed E-state index contributed by atoms with van der Waals surface area (Å²) in [6, 6.07) is -0.864. The summed E-state index contributed by atoms with van der Waals surface area (Å²) < 4.78 is 18.0. The molecule has 17 atom stereocenters. The van der Waals surface area contributed by atoms with Crippen LogP contribution < -0.4 is 5.32 Å². The van der Waals surface area contributed by atoms with Crippen molar-refractivity contribution < 1.29 is 49.3 Å². The Balaban J connectivity index is 1.14. The number of allylic oxidation sites excluding steroid dienone is 1. The standard InChI is InChI=1S/C42H58N2O10/c1-37-12-8-24(53-18-6-17-52-4)19-27(37)28(46)20-30-40(37)11-5-7-23-21-44(23)36(48)32-25-9-14-42(51,43-32)35-31(25)26(22-45)33(54-35)34(47)39(3,49)29-10-13-41(30,50)38(29,2)15-16-40/h9,14,20,23-27,29,31-35,43,45,47,49-51H,6-8,10,12-13,15-19,21-22H2,1-4H3/t23-,24-,25-,26+,27-,29-,31+,32-,33-,34+,35-,37-,38+,39-,40-,41+,42-,44?/m0/s1. The van der Waals surface area contributed by atoms with Crippen LogP contribution in [0.5, 0.6) is 0 Å². The second kappa shape index (κ2) is 12.4. The van der Waals surface area contributed by atoms with Gasteiger partial charge in [-0.3, -0.25) is 14.9 Å². The number of piperidine rings is 1. The minimum absolute atomic E-state index is 0.0236. The molecule has 3 saturated heterocycles. The smallest absolute Gasteiger partial charge is 0.240 e. The Kier molecular flexibility index (Phi) is 8.59. The third kappa shape index (κ3) is 4.83. The van der Waals surface area contributed by atoms with Crippen molar-refractivity contribution in [1.82, 2.24) is 10.2 Å². The zero-order valence-electron chi connectivity index (χ0n) is 32.0. The fourth-order valence-corrected chi connectivity index (χ4v) is 13.5. The monoisotopic (exact) mass is 750 g/mol. The molecule has 1 spiro atoms. The highest BCUT2D eigenvalue weighted by molar-refractivity contribution is 5.96. The molecule has 296 valence electrons. The van der Waals surface area contributed by atoms with E-state index in [4.69, 9.17) is 14.2 Å². The maximum atomic E-state index is 14.4. The van der Waals surface area contributed by atoms with Gasteiger partial charge in [0.2, 0.25) is 5.91 Å². The summed E-state index contributed by atoms with van der Waals surface area (Å²) in [5.41, 5.74) is -6.70. The van der Waals surface area contributed by atoms with Gasteiger partial charge in [-0.2, -0.15) is 0 Å². The van der Waals surface area contributed by atoms with Crippen molar-refractivity contribution in [3.63, 3.8) is 0 Å². The first-order valence-electron chi connectivity index (χ1n) is 20.4. The number of ketones is 1. The van der Waals surface area contributed by atoms with E-state index in [0.717, 1.165) is 12.8 Å². The molecule has 54 heavy (non-hydrogen) atoms. The van der Waals surface area contributed by atoms with E-state index in [-0.39, 0.29) is 42.8 Å². The fourth-order valence-electron chi connectivity index (χ4n) is 13.5. The molecule has 12 heteroatoms. The number of fused-ring (bicyclic) bond motifs is 4. The van der Waals surface area contributed by atoms with Crippen LogP contribution in [-0.4, -0.2) is 129 Å². The second-order valence-electron chi connectivity index (χ2n) is 19.0. The van der Waals surface area contributed by atoms with E-state index >= 15 is 0 Å². The number of rotatable bonds is 6. The Morgan fingerprint density at radius 1 is 1.06 bits per heavy atom. The quantitative estimate of drug-likeness (QED) is 0.0996. The first-order valence-corrected chi connectivity index (χ1v) is 20.4. The normalized spacial score (nSPS) is 54.0. The maximum Gasteiger partial charge on any atom is 0.240 e. The number of hydrogen-bond acceptors (Lipinski definition) is 11. The van der Waals surface area contributed by atoms with Crippen LogP contribution in [0.1, 0.15) is 78.6 Å². The van der Waals surface area contributed by atoms with Gasteiger partial charge in [0.05, 0.1) is 40.9 Å². The van der Waals surface area contributed by atoms with Crippen LogP contribution in [-0.2, 0) is 23.8 Å². The summed E-state index contributed by atoms with van der Waals surface area (Å²) in [6.45, 7) is 7.08. The molecule has 0 aromatic rings. The van der Waals surface area contributed by atoms with E-state index in [1.54, 1.807) is 31.1 Å². The van der Waals surface area contributed by atoms with Gasteiger partial charge in [0.25, 0.3) is 0 Å². The van der Waals surface area contributed by atoms with Crippen LogP contribution in [0.2, 0.25) is 0 Å². The number of nitrogens with zero attached hydrogens (tertiary/aromatic N) is 1. The summed E-state index contributed by atoms with van der Waals surface area (Å²) in [4.78, 5) is 30.3. The molecule has 6 aliphatic heterocycles. The third-order valence-corrected chi connectivity index (χ3v) is 16.7. The minimum Gasteiger partial charge on any atom is -0.396 e. The van der Waals surface area contributed by atoms with Gasteiger partial charge in [0, 0.05) is 69.0 Å². The Morgan fingerprint density at radius 2 is 1.85 bits per heavy atom. The van der Waals surface area contributed by atoms with E-state index < -0.39 is 81.2 Å². The largest absolute Gasteiger partial charge is 0.396 e. The molecule has 0 unspecified atom stereocenters. The van der Waals surface area contributed by atoms with Crippen molar-refractivity contribution in [3.8, 4) is 11.8 Å². The molecule has 11 rings (SSSR count). The van der Waals surface area contributed by atoms with Gasteiger partial charge < -0.3 is 44.6 Å². The van der Waals surface area contributed by atoms with E-state index in [0.29, 0.717) is 63.9 Å². The summed E-state index contributed by atoms with van der Waals surface area (Å²) >= 11 is 0. The lowest BCUT2D eigenvalue weighted by molar-refractivity contribution is -0.211. The third-order valence-electron chi connectivity index (χ3n) is 16.7. The molecule has 6 fully saturated rings. The number of hydrogen-bond donors (Lipinski definition) is 6. The van der Waals surface area contributed by atoms with Crippen molar-refractivity contribution in [2.24, 2.45) is 45.8 Å². The van der Waals surface area contributed by atoms with Crippen LogP contribution in [0.4, 0.5) is 0 Å². The van der Waals surface area contributed by atoms with E-state index in [9.17, 15) is 35.1 Å². The van der Waals surface area contributed by atoms with Gasteiger partial charge >= 0.3 is 0 Å². The first-order chi connectivity index (χ1) is 25.6. The molecule has 0 radical (unpaired) electrons. The topological polar surface area (TPSA) is 178 Å². The number of nitrogens with one attached hydrogen (secondary N) is 1. The number of carbonyl (C=O) groups is 2. The number of aliphatic hydroxyl groups is 5. The molecule has 6 N–H and O–H groups in total. The van der Waals surface area contributed by atoms with Gasteiger partial charge in [-0.05, 0) is 87.3 Å². The minimum atomic E-state index is -1.80. The van der Waals surface area contributed by atoms with Gasteiger partial charge in [0.1, 0.15) is 12.2 Å². The summed E-state index contributed by atoms with van der Waals surface area (Å²) in [5, 5.41) is 64.0. The zero-order valence-corrected chi connectivity index (χ0v) is 32.0. The number of ether oxygens (including phenoxy) is 3. The molecule has 6 heterocycles. The summed E-state index contributed by atoms with van der Waals surface area (Å²) in [5.74, 6) is 4.55. The highest BCUT2D eigenvalue weighted by Gasteiger charge is 2.74. The van der Waals surface area contributed by atoms with Crippen molar-refractivity contribution in [2.45, 2.75) is 132 Å². The average Bonchev–Trinajstić information content (AvgIpc) is 3.69. The maximum absolute atomic E-state index is 14.4. The predicted octanol–water partition coefficient (Wildman–Crippen LogP) is 1.22. The molecule has 12 nitrogen and oxygen atoms in total. The predicted molar refractivity (Wildman–Crippen MR) is 194 cm³/mol. The molecular weight excluding hydrogens is 692 g/mol. The van der Waals surface area contributed by atoms with Crippen LogP contribution in [0.3, 0.4) is 0 Å². The fraction of sp³-hybridized carbons (Fsp3) is 0.810. The van der Waals surface area contributed by atoms with Gasteiger partial charge in [-0.15, -0.1) is 5.92 Å². The van der Waals surface area contributed by atoms with Crippen molar-refractivity contribution in [3.05, 3.63) is 23.8 Å². The molecule has 3 saturated carbocycles. The highest BCUT2D eigenvalue weighted by atomic mass is 16.5. The Labute approximate surface area is 317 Å². The van der Waals surface area contributed by atoms with Crippen molar-refractivity contribution in [1.29, 1.82) is 0 Å². The van der Waals surface area contributed by atoms with E-state index in [1.165, 1.54) is 0 Å².